The molecule has 1 aliphatic rings. The first kappa shape index (κ1) is 11.3. The van der Waals surface area contributed by atoms with Gasteiger partial charge in [0.05, 0.1) is 0 Å². The highest BCUT2D eigenvalue weighted by Gasteiger charge is 2.29. The Morgan fingerprint density at radius 3 is 2.88 bits per heavy atom. The molecule has 0 aliphatic carbocycles. The Morgan fingerprint density at radius 1 is 1.56 bits per heavy atom. The van der Waals surface area contributed by atoms with E-state index in [4.69, 9.17) is 17.3 Å². The van der Waals surface area contributed by atoms with Crippen LogP contribution in [0.2, 0.25) is 0 Å². The molecule has 0 radical (unpaired) electrons. The number of nitrogens with two attached hydrogens (primary N) is 1. The highest BCUT2D eigenvalue weighted by Crippen LogP contribution is 2.28. The number of nitrogens with zero attached hydrogens (tertiary/aromatic N) is 1. The van der Waals surface area contributed by atoms with Crippen molar-refractivity contribution in [1.29, 1.82) is 0 Å². The molecule has 1 fully saturated rings. The van der Waals surface area contributed by atoms with Gasteiger partial charge in [-0.05, 0) is 30.5 Å². The molecular formula is C12H15ClN2O. The number of carbonyl (C=O) groups is 1. The summed E-state index contributed by atoms with van der Waals surface area (Å²) in [6.45, 7) is 2.65. The molecule has 0 saturated carbocycles. The Morgan fingerprint density at radius 2 is 2.31 bits per heavy atom. The lowest BCUT2D eigenvalue weighted by Gasteiger charge is -2.17. The fourth-order valence-electron chi connectivity index (χ4n) is 1.93. The van der Waals surface area contributed by atoms with Crippen LogP contribution in [-0.4, -0.2) is 18.3 Å². The number of halogens is 1. The van der Waals surface area contributed by atoms with Gasteiger partial charge in [0, 0.05) is 30.2 Å². The molecule has 1 aliphatic heterocycles. The first-order valence-corrected chi connectivity index (χ1v) is 5.87. The Bertz CT molecular complexity index is 419. The van der Waals surface area contributed by atoms with Crippen LogP contribution in [0.5, 0.6) is 0 Å². The lowest BCUT2D eigenvalue weighted by molar-refractivity contribution is -0.117. The quantitative estimate of drug-likeness (QED) is 0.634. The maximum Gasteiger partial charge on any atom is 0.227 e. The molecule has 1 amide bonds. The number of hydrogen-bond donors (Lipinski definition) is 1. The highest BCUT2D eigenvalue weighted by molar-refractivity contribution is 6.18. The zero-order chi connectivity index (χ0) is 11.7. The van der Waals surface area contributed by atoms with E-state index in [1.807, 2.05) is 25.1 Å². The average Bonchev–Trinajstić information content (AvgIpc) is 2.64. The van der Waals surface area contributed by atoms with Gasteiger partial charge >= 0.3 is 0 Å². The van der Waals surface area contributed by atoms with Crippen molar-refractivity contribution >= 4 is 28.9 Å². The van der Waals surface area contributed by atoms with Crippen molar-refractivity contribution in [3.8, 4) is 0 Å². The maximum atomic E-state index is 11.8. The second-order valence-corrected chi connectivity index (χ2v) is 4.58. The normalized spacial score (nSPS) is 20.5. The van der Waals surface area contributed by atoms with E-state index < -0.39 is 0 Å². The smallest absolute Gasteiger partial charge is 0.227 e. The molecule has 1 aromatic carbocycles. The van der Waals surface area contributed by atoms with Crippen molar-refractivity contribution in [2.45, 2.75) is 13.3 Å². The molecule has 3 nitrogen and oxygen atoms in total. The molecule has 1 saturated heterocycles. The largest absolute Gasteiger partial charge is 0.398 e. The summed E-state index contributed by atoms with van der Waals surface area (Å²) in [5.41, 5.74) is 8.47. The fraction of sp³-hybridized carbons (Fsp3) is 0.417. The van der Waals surface area contributed by atoms with Gasteiger partial charge in [0.1, 0.15) is 0 Å². The van der Waals surface area contributed by atoms with Crippen molar-refractivity contribution in [3.05, 3.63) is 23.8 Å². The molecule has 16 heavy (non-hydrogen) atoms. The molecular weight excluding hydrogens is 224 g/mol. The van der Waals surface area contributed by atoms with Gasteiger partial charge < -0.3 is 10.6 Å². The van der Waals surface area contributed by atoms with Crippen molar-refractivity contribution in [2.24, 2.45) is 5.92 Å². The van der Waals surface area contributed by atoms with Gasteiger partial charge in [-0.3, -0.25) is 4.79 Å². The third-order valence-corrected chi connectivity index (χ3v) is 3.43. The third-order valence-electron chi connectivity index (χ3n) is 3.00. The molecule has 2 N–H and O–H groups in total. The van der Waals surface area contributed by atoms with E-state index in [9.17, 15) is 4.79 Å². The minimum absolute atomic E-state index is 0.133. The van der Waals surface area contributed by atoms with Gasteiger partial charge in [-0.2, -0.15) is 0 Å². The highest BCUT2D eigenvalue weighted by atomic mass is 35.5. The Kier molecular flexibility index (Phi) is 3.06. The first-order chi connectivity index (χ1) is 7.61. The van der Waals surface area contributed by atoms with Crippen LogP contribution in [-0.2, 0) is 4.79 Å². The molecule has 1 heterocycles. The summed E-state index contributed by atoms with van der Waals surface area (Å²) >= 11 is 5.78. The van der Waals surface area contributed by atoms with Crippen molar-refractivity contribution in [3.63, 3.8) is 0 Å². The predicted octanol–water partition coefficient (Wildman–Crippen LogP) is 2.17. The molecule has 1 unspecified atom stereocenters. The summed E-state index contributed by atoms with van der Waals surface area (Å²) in [5, 5.41) is 0. The summed E-state index contributed by atoms with van der Waals surface area (Å²) in [6.07, 6.45) is 0.539. The Hall–Kier alpha value is -1.22. The van der Waals surface area contributed by atoms with Gasteiger partial charge in [0.15, 0.2) is 0 Å². The molecule has 0 spiro atoms. The molecule has 4 heteroatoms. The second kappa shape index (κ2) is 4.34. The number of hydrogen-bond acceptors (Lipinski definition) is 2. The second-order valence-electron chi connectivity index (χ2n) is 4.27. The zero-order valence-electron chi connectivity index (χ0n) is 9.24. The summed E-state index contributed by atoms with van der Waals surface area (Å²) in [6, 6.07) is 5.72. The van der Waals surface area contributed by atoms with Crippen LogP contribution in [0.3, 0.4) is 0 Å². The van der Waals surface area contributed by atoms with E-state index in [-0.39, 0.29) is 11.8 Å². The molecule has 0 aromatic heterocycles. The van der Waals surface area contributed by atoms with E-state index >= 15 is 0 Å². The van der Waals surface area contributed by atoms with E-state index in [0.29, 0.717) is 18.8 Å². The number of alkyl halides is 1. The average molecular weight is 239 g/mol. The molecule has 1 atom stereocenters. The number of nitrogen functional groups attached to an aromatic ring is 1. The minimum Gasteiger partial charge on any atom is -0.398 e. The van der Waals surface area contributed by atoms with Crippen LogP contribution in [0.25, 0.3) is 0 Å². The van der Waals surface area contributed by atoms with E-state index in [1.165, 1.54) is 0 Å². The number of rotatable bonds is 2. The van der Waals surface area contributed by atoms with Crippen LogP contribution in [0.15, 0.2) is 18.2 Å². The third kappa shape index (κ3) is 2.00. The van der Waals surface area contributed by atoms with Gasteiger partial charge in [0.25, 0.3) is 0 Å². The summed E-state index contributed by atoms with van der Waals surface area (Å²) in [4.78, 5) is 13.5. The van der Waals surface area contributed by atoms with E-state index in [2.05, 4.69) is 0 Å². The number of anilines is 2. The number of benzene rings is 1. The van der Waals surface area contributed by atoms with Crippen molar-refractivity contribution in [2.75, 3.05) is 23.1 Å². The number of amides is 1. The van der Waals surface area contributed by atoms with Gasteiger partial charge in [-0.25, -0.2) is 0 Å². The van der Waals surface area contributed by atoms with Crippen LogP contribution in [0, 0.1) is 12.8 Å². The topological polar surface area (TPSA) is 46.3 Å². The molecule has 1 aromatic rings. The Labute approximate surface area is 100 Å². The van der Waals surface area contributed by atoms with Gasteiger partial charge in [0.2, 0.25) is 5.91 Å². The van der Waals surface area contributed by atoms with Crippen molar-refractivity contribution < 1.29 is 4.79 Å². The van der Waals surface area contributed by atoms with Crippen molar-refractivity contribution in [1.82, 2.24) is 0 Å². The van der Waals surface area contributed by atoms with E-state index in [1.54, 1.807) is 4.90 Å². The fourth-order valence-corrected chi connectivity index (χ4v) is 2.14. The Balaban J connectivity index is 2.24. The van der Waals surface area contributed by atoms with Crippen LogP contribution >= 0.6 is 11.6 Å². The van der Waals surface area contributed by atoms with E-state index in [0.717, 1.165) is 16.9 Å². The number of carbonyl (C=O) groups excluding carboxylic acids is 1. The molecule has 0 bridgehead atoms. The summed E-state index contributed by atoms with van der Waals surface area (Å²) < 4.78 is 0. The summed E-state index contributed by atoms with van der Waals surface area (Å²) in [7, 11) is 0. The molecule has 86 valence electrons. The lowest BCUT2D eigenvalue weighted by Crippen LogP contribution is -2.24. The lowest BCUT2D eigenvalue weighted by atomic mass is 10.1. The first-order valence-electron chi connectivity index (χ1n) is 5.34. The van der Waals surface area contributed by atoms with Crippen LogP contribution in [0.4, 0.5) is 11.4 Å². The van der Waals surface area contributed by atoms with Gasteiger partial charge in [-0.1, -0.05) is 6.07 Å². The van der Waals surface area contributed by atoms with Crippen LogP contribution < -0.4 is 10.6 Å². The monoisotopic (exact) mass is 238 g/mol. The molecule has 2 rings (SSSR count). The maximum absolute atomic E-state index is 11.8. The van der Waals surface area contributed by atoms with Gasteiger partial charge in [-0.15, -0.1) is 11.6 Å². The zero-order valence-corrected chi connectivity index (χ0v) is 10.00. The minimum atomic E-state index is 0.133. The summed E-state index contributed by atoms with van der Waals surface area (Å²) in [5.74, 6) is 0.925. The predicted molar refractivity (Wildman–Crippen MR) is 66.8 cm³/mol. The SMILES string of the molecule is Cc1ccc(N2CC(CCl)CC2=O)cc1N. The number of aryl methyl sites for hydroxylation is 1. The van der Waals surface area contributed by atoms with Crippen LogP contribution in [0.1, 0.15) is 12.0 Å². The standard InChI is InChI=1S/C12H15ClN2O/c1-8-2-3-10(5-11(8)14)15-7-9(6-13)4-12(15)16/h2-3,5,9H,4,6-7,14H2,1H3.